The van der Waals surface area contributed by atoms with Crippen LogP contribution in [-0.2, 0) is 22.1 Å². The molecule has 3 saturated carbocycles. The molecule has 0 unspecified atom stereocenters. The summed E-state index contributed by atoms with van der Waals surface area (Å²) in [6, 6.07) is 7.17. The molecule has 0 spiro atoms. The monoisotopic (exact) mass is 607 g/mol. The maximum Gasteiger partial charge on any atom is 0.586 e. The van der Waals surface area contributed by atoms with Gasteiger partial charge < -0.3 is 24.1 Å². The topological polar surface area (TPSA) is 105 Å². The van der Waals surface area contributed by atoms with E-state index in [4.69, 9.17) is 9.47 Å². The molecule has 228 valence electrons. The molecule has 3 heterocycles. The summed E-state index contributed by atoms with van der Waals surface area (Å²) in [5.41, 5.74) is -0.559. The van der Waals surface area contributed by atoms with Crippen LogP contribution < -0.4 is 14.2 Å². The van der Waals surface area contributed by atoms with E-state index in [0.717, 1.165) is 0 Å². The van der Waals surface area contributed by atoms with Crippen LogP contribution in [0.5, 0.6) is 17.4 Å². The van der Waals surface area contributed by atoms with Crippen molar-refractivity contribution in [3.05, 3.63) is 59.0 Å². The average molecular weight is 608 g/mol. The van der Waals surface area contributed by atoms with Crippen LogP contribution in [0.2, 0.25) is 0 Å². The Labute approximate surface area is 241 Å². The fourth-order valence-electron chi connectivity index (χ4n) is 6.89. The second kappa shape index (κ2) is 9.53. The molecule has 9 nitrogen and oxygen atoms in total. The van der Waals surface area contributed by atoms with Crippen LogP contribution in [0.4, 0.5) is 22.0 Å². The van der Waals surface area contributed by atoms with Crippen molar-refractivity contribution in [2.75, 3.05) is 0 Å². The highest BCUT2D eigenvalue weighted by Gasteiger charge is 2.60. The van der Waals surface area contributed by atoms with Gasteiger partial charge in [0.2, 0.25) is 5.88 Å². The summed E-state index contributed by atoms with van der Waals surface area (Å²) in [4.78, 5) is 15.8. The number of hydrogen-bond donors (Lipinski definition) is 1. The SMILES string of the molecule is C[C@H](Oc1cc(-n2nc(C(F)(F)F)c3c2[C@H](OC24CC(C2)[C@H](C(=O)O)C4)CCC3)ccn1)c1ccc2c(c1)OC(F)(F)O2. The molecule has 4 aliphatic carbocycles. The zero-order chi connectivity index (χ0) is 30.3. The molecule has 0 amide bonds. The quantitative estimate of drug-likeness (QED) is 0.308. The Morgan fingerprint density at radius 3 is 2.63 bits per heavy atom. The third kappa shape index (κ3) is 4.85. The number of carbonyl (C=O) groups is 1. The van der Waals surface area contributed by atoms with Crippen LogP contribution in [0, 0.1) is 11.8 Å². The van der Waals surface area contributed by atoms with Gasteiger partial charge in [-0.15, -0.1) is 8.78 Å². The number of carboxylic acid groups (broad SMARTS) is 1. The molecule has 1 aromatic carbocycles. The minimum atomic E-state index is -4.70. The predicted molar refractivity (Wildman–Crippen MR) is 136 cm³/mol. The Bertz CT molecular complexity index is 1600. The zero-order valence-electron chi connectivity index (χ0n) is 22.7. The number of nitrogens with zero attached hydrogens (tertiary/aromatic N) is 3. The van der Waals surface area contributed by atoms with Crippen molar-refractivity contribution in [2.45, 2.75) is 75.7 Å². The predicted octanol–water partition coefficient (Wildman–Crippen LogP) is 6.39. The molecule has 43 heavy (non-hydrogen) atoms. The summed E-state index contributed by atoms with van der Waals surface area (Å²) in [5, 5.41) is 13.5. The number of fused-ring (bicyclic) bond motifs is 3. The van der Waals surface area contributed by atoms with Crippen molar-refractivity contribution in [1.82, 2.24) is 14.8 Å². The highest BCUT2D eigenvalue weighted by Crippen LogP contribution is 2.60. The van der Waals surface area contributed by atoms with Gasteiger partial charge in [0.25, 0.3) is 0 Å². The Hall–Kier alpha value is -3.94. The average Bonchev–Trinajstić information content (AvgIpc) is 3.65. The lowest BCUT2D eigenvalue weighted by Crippen LogP contribution is -2.40. The van der Waals surface area contributed by atoms with E-state index >= 15 is 0 Å². The second-order valence-corrected chi connectivity index (χ2v) is 11.6. The van der Waals surface area contributed by atoms with Crippen molar-refractivity contribution >= 4 is 5.97 Å². The number of halogens is 5. The van der Waals surface area contributed by atoms with Gasteiger partial charge in [-0.3, -0.25) is 4.79 Å². The Morgan fingerprint density at radius 1 is 1.14 bits per heavy atom. The molecule has 3 atom stereocenters. The van der Waals surface area contributed by atoms with Crippen molar-refractivity contribution in [3.8, 4) is 23.1 Å². The molecular formula is C29H26F5N3O6. The van der Waals surface area contributed by atoms with Gasteiger partial charge in [-0.25, -0.2) is 9.67 Å². The first-order valence-corrected chi connectivity index (χ1v) is 13.9. The van der Waals surface area contributed by atoms with E-state index in [2.05, 4.69) is 19.6 Å². The molecule has 0 saturated heterocycles. The van der Waals surface area contributed by atoms with Crippen LogP contribution in [0.3, 0.4) is 0 Å². The van der Waals surface area contributed by atoms with Gasteiger partial charge in [-0.05, 0) is 75.1 Å². The van der Waals surface area contributed by atoms with Crippen molar-refractivity contribution in [3.63, 3.8) is 0 Å². The number of alkyl halides is 5. The zero-order valence-corrected chi connectivity index (χ0v) is 22.7. The van der Waals surface area contributed by atoms with Crippen LogP contribution in [-0.4, -0.2) is 37.7 Å². The standard InChI is InChI=1S/C29H26F5N3O6/c1-14(15-5-6-20-22(9-15)43-29(33,34)42-20)40-23-10-17(7-8-35-23)37-24-18(25(36-37)28(30,31)32)3-2-4-21(24)41-27-11-16(12-27)19(13-27)26(38)39/h5-10,14,16,19,21H,2-4,11-13H2,1H3,(H,38,39)/t14-,16?,19+,21+,27?/m0/s1. The van der Waals surface area contributed by atoms with E-state index < -0.39 is 47.9 Å². The number of pyridine rings is 1. The molecule has 2 bridgehead atoms. The fraction of sp³-hybridized carbons (Fsp3) is 0.483. The van der Waals surface area contributed by atoms with Gasteiger partial charge in [0.15, 0.2) is 17.2 Å². The molecule has 1 aliphatic heterocycles. The van der Waals surface area contributed by atoms with Crippen molar-refractivity contribution in [1.29, 1.82) is 0 Å². The first-order chi connectivity index (χ1) is 20.3. The van der Waals surface area contributed by atoms with Crippen LogP contribution >= 0.6 is 0 Å². The lowest BCUT2D eigenvalue weighted by atomic mass is 9.78. The van der Waals surface area contributed by atoms with Crippen LogP contribution in [0.1, 0.15) is 73.8 Å². The summed E-state index contributed by atoms with van der Waals surface area (Å²) in [6.45, 7) is 1.66. The van der Waals surface area contributed by atoms with Gasteiger partial charge in [0, 0.05) is 17.8 Å². The van der Waals surface area contributed by atoms with Gasteiger partial charge in [0.1, 0.15) is 12.2 Å². The highest BCUT2D eigenvalue weighted by molar-refractivity contribution is 5.72. The number of benzene rings is 1. The molecule has 3 fully saturated rings. The summed E-state index contributed by atoms with van der Waals surface area (Å²) in [7, 11) is 0. The van der Waals surface area contributed by atoms with Crippen LogP contribution in [0.15, 0.2) is 36.5 Å². The van der Waals surface area contributed by atoms with E-state index in [1.807, 2.05) is 0 Å². The van der Waals surface area contributed by atoms with E-state index in [9.17, 15) is 31.9 Å². The number of aliphatic carboxylic acids is 1. The number of ether oxygens (including phenoxy) is 4. The summed E-state index contributed by atoms with van der Waals surface area (Å²) < 4.78 is 91.9. The third-order valence-electron chi connectivity index (χ3n) is 8.78. The maximum absolute atomic E-state index is 14.2. The molecule has 0 radical (unpaired) electrons. The lowest BCUT2D eigenvalue weighted by Gasteiger charge is -2.42. The van der Waals surface area contributed by atoms with E-state index in [1.54, 1.807) is 6.92 Å². The number of rotatable bonds is 7. The second-order valence-electron chi connectivity index (χ2n) is 11.6. The van der Waals surface area contributed by atoms with Gasteiger partial charge in [-0.1, -0.05) is 6.07 Å². The number of carboxylic acids is 1. The van der Waals surface area contributed by atoms with Crippen LogP contribution in [0.25, 0.3) is 5.69 Å². The molecular weight excluding hydrogens is 581 g/mol. The highest BCUT2D eigenvalue weighted by atomic mass is 19.4. The lowest BCUT2D eigenvalue weighted by molar-refractivity contribution is -0.286. The Morgan fingerprint density at radius 2 is 1.91 bits per heavy atom. The van der Waals surface area contributed by atoms with Gasteiger partial charge in [-0.2, -0.15) is 18.3 Å². The number of aromatic nitrogens is 3. The third-order valence-corrected chi connectivity index (χ3v) is 8.78. The molecule has 1 N–H and O–H groups in total. The normalized spacial score (nSPS) is 27.3. The molecule has 2 aromatic heterocycles. The van der Waals surface area contributed by atoms with E-state index in [0.29, 0.717) is 37.7 Å². The minimum Gasteiger partial charge on any atom is -0.481 e. The van der Waals surface area contributed by atoms with Gasteiger partial charge >= 0.3 is 18.4 Å². The summed E-state index contributed by atoms with van der Waals surface area (Å²) in [6.07, 6.45) is -5.91. The van der Waals surface area contributed by atoms with Gasteiger partial charge in [0.05, 0.1) is 22.9 Å². The first kappa shape index (κ1) is 27.9. The maximum atomic E-state index is 14.2. The Kier molecular flexibility index (Phi) is 6.18. The minimum absolute atomic E-state index is 0.0133. The Balaban J connectivity index is 1.18. The number of hydrogen-bond acceptors (Lipinski definition) is 7. The summed E-state index contributed by atoms with van der Waals surface area (Å²) in [5.74, 6) is -1.57. The summed E-state index contributed by atoms with van der Waals surface area (Å²) >= 11 is 0. The molecule has 14 heteroatoms. The fourth-order valence-corrected chi connectivity index (χ4v) is 6.89. The smallest absolute Gasteiger partial charge is 0.481 e. The molecule has 5 aliphatic rings. The van der Waals surface area contributed by atoms with Crippen molar-refractivity contribution < 1.29 is 50.8 Å². The largest absolute Gasteiger partial charge is 0.586 e. The van der Waals surface area contributed by atoms with Crippen molar-refractivity contribution in [2.24, 2.45) is 11.8 Å². The molecule has 8 rings (SSSR count). The molecule has 3 aromatic rings. The van der Waals surface area contributed by atoms with E-state index in [1.165, 1.54) is 41.2 Å². The van der Waals surface area contributed by atoms with E-state index in [-0.39, 0.29) is 46.7 Å². The first-order valence-electron chi connectivity index (χ1n) is 13.9.